The third-order valence-electron chi connectivity index (χ3n) is 2.99. The van der Waals surface area contributed by atoms with E-state index in [1.807, 2.05) is 0 Å². The van der Waals surface area contributed by atoms with Gasteiger partial charge in [-0.1, -0.05) is 6.07 Å². The van der Waals surface area contributed by atoms with Gasteiger partial charge in [-0.15, -0.1) is 0 Å². The van der Waals surface area contributed by atoms with Crippen LogP contribution in [0.5, 0.6) is 0 Å². The number of benzene rings is 1. The van der Waals surface area contributed by atoms with Gasteiger partial charge < -0.3 is 20.3 Å². The molecule has 2 aromatic rings. The van der Waals surface area contributed by atoms with Crippen LogP contribution in [0.15, 0.2) is 36.9 Å². The Hall–Kier alpha value is -2.48. The molecule has 0 aliphatic heterocycles. The van der Waals surface area contributed by atoms with Crippen LogP contribution in [0.3, 0.4) is 0 Å². The average Bonchev–Trinajstić information content (AvgIpc) is 2.98. The van der Waals surface area contributed by atoms with Crippen LogP contribution in [-0.4, -0.2) is 33.8 Å². The van der Waals surface area contributed by atoms with Gasteiger partial charge in [0.05, 0.1) is 12.4 Å². The molecule has 0 bridgehead atoms. The second-order valence-corrected chi connectivity index (χ2v) is 4.62. The number of halogens is 2. The van der Waals surface area contributed by atoms with Crippen molar-refractivity contribution in [2.45, 2.75) is 12.6 Å². The van der Waals surface area contributed by atoms with Crippen molar-refractivity contribution < 1.29 is 18.7 Å². The van der Waals surface area contributed by atoms with Crippen LogP contribution in [-0.2, 0) is 6.54 Å². The van der Waals surface area contributed by atoms with Gasteiger partial charge in [-0.05, 0) is 6.07 Å². The molecule has 118 valence electrons. The Morgan fingerprint density at radius 3 is 2.86 bits per heavy atom. The number of aliphatic hydroxyl groups is 1. The fourth-order valence-electron chi connectivity index (χ4n) is 1.85. The number of aromatic nitrogens is 2. The van der Waals surface area contributed by atoms with Crippen molar-refractivity contribution in [2.24, 2.45) is 0 Å². The Morgan fingerprint density at radius 1 is 1.36 bits per heavy atom. The van der Waals surface area contributed by atoms with E-state index in [0.717, 1.165) is 12.1 Å². The molecule has 0 aliphatic rings. The molecule has 3 N–H and O–H groups in total. The number of carbonyl (C=O) groups excluding carboxylic acids is 1. The van der Waals surface area contributed by atoms with Crippen LogP contribution in [0.1, 0.15) is 11.7 Å². The Balaban J connectivity index is 1.73. The molecule has 1 atom stereocenters. The van der Waals surface area contributed by atoms with Crippen LogP contribution in [0, 0.1) is 11.6 Å². The molecule has 0 fully saturated rings. The molecule has 2 amide bonds. The van der Waals surface area contributed by atoms with Crippen LogP contribution >= 0.6 is 0 Å². The van der Waals surface area contributed by atoms with Gasteiger partial charge in [-0.3, -0.25) is 0 Å². The molecule has 0 spiro atoms. The van der Waals surface area contributed by atoms with Crippen molar-refractivity contribution in [1.29, 1.82) is 0 Å². The summed E-state index contributed by atoms with van der Waals surface area (Å²) in [6.45, 7) is 0.755. The third-order valence-corrected chi connectivity index (χ3v) is 2.99. The van der Waals surface area contributed by atoms with E-state index in [-0.39, 0.29) is 12.1 Å². The summed E-state index contributed by atoms with van der Waals surface area (Å²) in [6.07, 6.45) is 3.77. The van der Waals surface area contributed by atoms with Crippen molar-refractivity contribution in [3.63, 3.8) is 0 Å². The molecule has 8 heteroatoms. The molecule has 1 aromatic heterocycles. The molecule has 0 saturated heterocycles. The molecule has 6 nitrogen and oxygen atoms in total. The highest BCUT2D eigenvalue weighted by molar-refractivity contribution is 5.73. The van der Waals surface area contributed by atoms with Gasteiger partial charge in [0.15, 0.2) is 0 Å². The molecule has 0 aliphatic carbocycles. The zero-order valence-electron chi connectivity index (χ0n) is 11.7. The second kappa shape index (κ2) is 7.51. The van der Waals surface area contributed by atoms with Crippen LogP contribution in [0.25, 0.3) is 0 Å². The molecule has 1 aromatic carbocycles. The number of hydrogen-bond acceptors (Lipinski definition) is 3. The first-order valence-electron chi connectivity index (χ1n) is 6.66. The standard InChI is InChI=1S/C14H16F2N4O2/c15-10-1-2-11(12(16)7-10)13(21)8-19-14(22)18-4-6-20-5-3-17-9-20/h1-3,5,7,9,13,21H,4,6,8H2,(H2,18,19,22)/t13-/m1/s1. The van der Waals surface area contributed by atoms with Crippen molar-refractivity contribution in [3.05, 3.63) is 54.1 Å². The number of carbonyl (C=O) groups is 1. The monoisotopic (exact) mass is 310 g/mol. The maximum atomic E-state index is 13.4. The van der Waals surface area contributed by atoms with Gasteiger partial charge in [0.1, 0.15) is 11.6 Å². The molecule has 22 heavy (non-hydrogen) atoms. The maximum Gasteiger partial charge on any atom is 0.314 e. The molecule has 1 heterocycles. The SMILES string of the molecule is O=C(NCCn1ccnc1)NC[C@@H](O)c1ccc(F)cc1F. The Kier molecular flexibility index (Phi) is 5.42. The number of amides is 2. The average molecular weight is 310 g/mol. The quantitative estimate of drug-likeness (QED) is 0.750. The first-order valence-corrected chi connectivity index (χ1v) is 6.66. The fourth-order valence-corrected chi connectivity index (χ4v) is 1.85. The maximum absolute atomic E-state index is 13.4. The highest BCUT2D eigenvalue weighted by Crippen LogP contribution is 2.17. The van der Waals surface area contributed by atoms with E-state index in [2.05, 4.69) is 15.6 Å². The summed E-state index contributed by atoms with van der Waals surface area (Å²) in [5, 5.41) is 14.8. The minimum Gasteiger partial charge on any atom is -0.386 e. The van der Waals surface area contributed by atoms with Crippen molar-refractivity contribution in [1.82, 2.24) is 20.2 Å². The first kappa shape index (κ1) is 15.9. The van der Waals surface area contributed by atoms with Gasteiger partial charge in [0.2, 0.25) is 0 Å². The summed E-state index contributed by atoms with van der Waals surface area (Å²) >= 11 is 0. The summed E-state index contributed by atoms with van der Waals surface area (Å²) in [4.78, 5) is 15.4. The third kappa shape index (κ3) is 4.52. The lowest BCUT2D eigenvalue weighted by Crippen LogP contribution is -2.39. The summed E-state index contributed by atoms with van der Waals surface area (Å²) in [5.74, 6) is -1.58. The Morgan fingerprint density at radius 2 is 2.18 bits per heavy atom. The second-order valence-electron chi connectivity index (χ2n) is 4.62. The molecule has 0 radical (unpaired) electrons. The number of nitrogens with one attached hydrogen (secondary N) is 2. The van der Waals surface area contributed by atoms with Gasteiger partial charge in [0, 0.05) is 43.7 Å². The van der Waals surface area contributed by atoms with Crippen LogP contribution < -0.4 is 10.6 Å². The number of imidazole rings is 1. The minimum atomic E-state index is -1.25. The first-order chi connectivity index (χ1) is 10.6. The van der Waals surface area contributed by atoms with E-state index >= 15 is 0 Å². The highest BCUT2D eigenvalue weighted by Gasteiger charge is 2.14. The summed E-state index contributed by atoms with van der Waals surface area (Å²) < 4.78 is 28.0. The number of rotatable bonds is 6. The van der Waals surface area contributed by atoms with Crippen LogP contribution in [0.2, 0.25) is 0 Å². The lowest BCUT2D eigenvalue weighted by Gasteiger charge is -2.13. The van der Waals surface area contributed by atoms with Gasteiger partial charge >= 0.3 is 6.03 Å². The zero-order chi connectivity index (χ0) is 15.9. The molecule has 2 rings (SSSR count). The summed E-state index contributed by atoms with van der Waals surface area (Å²) in [7, 11) is 0. The predicted octanol–water partition coefficient (Wildman–Crippen LogP) is 1.19. The normalized spacial score (nSPS) is 12.0. The van der Waals surface area contributed by atoms with Crippen LogP contribution in [0.4, 0.5) is 13.6 Å². The van der Waals surface area contributed by atoms with Crippen molar-refractivity contribution >= 4 is 6.03 Å². The van der Waals surface area contributed by atoms with Gasteiger partial charge in [-0.2, -0.15) is 0 Å². The number of nitrogens with zero attached hydrogens (tertiary/aromatic N) is 2. The summed E-state index contributed by atoms with van der Waals surface area (Å²) in [5.41, 5.74) is -0.0693. The van der Waals surface area contributed by atoms with Crippen molar-refractivity contribution in [3.8, 4) is 0 Å². The predicted molar refractivity (Wildman–Crippen MR) is 74.9 cm³/mol. The van der Waals surface area contributed by atoms with Gasteiger partial charge in [0.25, 0.3) is 0 Å². The minimum absolute atomic E-state index is 0.0693. The highest BCUT2D eigenvalue weighted by atomic mass is 19.1. The van der Waals surface area contributed by atoms with E-state index in [0.29, 0.717) is 19.2 Å². The topological polar surface area (TPSA) is 79.2 Å². The summed E-state index contributed by atoms with van der Waals surface area (Å²) in [6, 6.07) is 2.39. The molecule has 0 unspecified atom stereocenters. The van der Waals surface area contributed by atoms with Gasteiger partial charge in [-0.25, -0.2) is 18.6 Å². The molecule has 0 saturated carbocycles. The van der Waals surface area contributed by atoms with E-state index < -0.39 is 23.8 Å². The molecular weight excluding hydrogens is 294 g/mol. The number of urea groups is 1. The number of hydrogen-bond donors (Lipinski definition) is 3. The van der Waals surface area contributed by atoms with Crippen molar-refractivity contribution in [2.75, 3.05) is 13.1 Å². The lowest BCUT2D eigenvalue weighted by atomic mass is 10.1. The smallest absolute Gasteiger partial charge is 0.314 e. The zero-order valence-corrected chi connectivity index (χ0v) is 11.7. The lowest BCUT2D eigenvalue weighted by molar-refractivity contribution is 0.168. The Bertz CT molecular complexity index is 619. The van der Waals surface area contributed by atoms with E-state index in [1.165, 1.54) is 0 Å². The molecular formula is C14H16F2N4O2. The fraction of sp³-hybridized carbons (Fsp3) is 0.286. The Labute approximate surface area is 125 Å². The van der Waals surface area contributed by atoms with E-state index in [9.17, 15) is 18.7 Å². The number of aliphatic hydroxyl groups excluding tert-OH is 1. The largest absolute Gasteiger partial charge is 0.386 e. The van der Waals surface area contributed by atoms with E-state index in [1.54, 1.807) is 23.3 Å². The van der Waals surface area contributed by atoms with E-state index in [4.69, 9.17) is 0 Å².